The predicted octanol–water partition coefficient (Wildman–Crippen LogP) is 3.49. The molecule has 17 heavy (non-hydrogen) atoms. The van der Waals surface area contributed by atoms with E-state index in [9.17, 15) is 0 Å². The smallest absolute Gasteiger partial charge is 0.115 e. The lowest BCUT2D eigenvalue weighted by Crippen LogP contribution is -1.96. The van der Waals surface area contributed by atoms with Gasteiger partial charge in [-0.1, -0.05) is 35.9 Å². The highest BCUT2D eigenvalue weighted by Crippen LogP contribution is 2.27. The van der Waals surface area contributed by atoms with Gasteiger partial charge in [0.05, 0.1) is 5.02 Å². The van der Waals surface area contributed by atoms with E-state index in [1.807, 2.05) is 24.3 Å². The van der Waals surface area contributed by atoms with Gasteiger partial charge in [0.1, 0.15) is 5.03 Å². The van der Waals surface area contributed by atoms with E-state index in [4.69, 9.17) is 17.3 Å². The molecule has 0 bridgehead atoms. The zero-order valence-corrected chi connectivity index (χ0v) is 10.8. The zero-order chi connectivity index (χ0) is 12.1. The Morgan fingerprint density at radius 3 is 2.76 bits per heavy atom. The molecule has 1 aromatic heterocycles. The summed E-state index contributed by atoms with van der Waals surface area (Å²) in [7, 11) is 0. The number of thioether (sulfide) groups is 1. The SMILES string of the molecule is NCc1cccc(CSc2ncccc2Cl)c1. The lowest BCUT2D eigenvalue weighted by atomic mass is 10.1. The molecule has 1 heterocycles. The lowest BCUT2D eigenvalue weighted by molar-refractivity contribution is 1.06. The van der Waals surface area contributed by atoms with Gasteiger partial charge in [-0.05, 0) is 23.3 Å². The first-order valence-corrected chi connectivity index (χ1v) is 6.67. The Balaban J connectivity index is 2.05. The fourth-order valence-corrected chi connectivity index (χ4v) is 2.58. The van der Waals surface area contributed by atoms with Crippen molar-refractivity contribution >= 4 is 23.4 Å². The quantitative estimate of drug-likeness (QED) is 0.860. The van der Waals surface area contributed by atoms with Gasteiger partial charge >= 0.3 is 0 Å². The maximum atomic E-state index is 6.05. The van der Waals surface area contributed by atoms with Gasteiger partial charge in [-0.2, -0.15) is 0 Å². The molecule has 2 nitrogen and oxygen atoms in total. The Bertz CT molecular complexity index is 502. The molecular weight excluding hydrogens is 252 g/mol. The van der Waals surface area contributed by atoms with Crippen LogP contribution < -0.4 is 5.73 Å². The summed E-state index contributed by atoms with van der Waals surface area (Å²) >= 11 is 7.68. The van der Waals surface area contributed by atoms with Gasteiger partial charge in [0.15, 0.2) is 0 Å². The van der Waals surface area contributed by atoms with E-state index in [0.29, 0.717) is 11.6 Å². The first-order chi connectivity index (χ1) is 8.29. The molecule has 0 spiro atoms. The number of halogens is 1. The highest BCUT2D eigenvalue weighted by molar-refractivity contribution is 7.98. The third-order valence-corrected chi connectivity index (χ3v) is 3.82. The van der Waals surface area contributed by atoms with Crippen LogP contribution in [-0.4, -0.2) is 4.98 Å². The van der Waals surface area contributed by atoms with Crippen LogP contribution in [0.2, 0.25) is 5.02 Å². The molecule has 88 valence electrons. The van der Waals surface area contributed by atoms with Crippen molar-refractivity contribution in [3.8, 4) is 0 Å². The number of nitrogens with two attached hydrogens (primary N) is 1. The van der Waals surface area contributed by atoms with Gasteiger partial charge in [-0.15, -0.1) is 11.8 Å². The third-order valence-electron chi connectivity index (χ3n) is 2.33. The summed E-state index contributed by atoms with van der Waals surface area (Å²) in [5.74, 6) is 0.852. The van der Waals surface area contributed by atoms with Crippen molar-refractivity contribution in [2.45, 2.75) is 17.3 Å². The van der Waals surface area contributed by atoms with Gasteiger partial charge in [0.2, 0.25) is 0 Å². The topological polar surface area (TPSA) is 38.9 Å². The molecule has 4 heteroatoms. The standard InChI is InChI=1S/C13H13ClN2S/c14-12-5-2-6-16-13(12)17-9-11-4-1-3-10(7-11)8-15/h1-7H,8-9,15H2. The van der Waals surface area contributed by atoms with Crippen LogP contribution in [0.1, 0.15) is 11.1 Å². The van der Waals surface area contributed by atoms with Gasteiger partial charge in [-0.25, -0.2) is 4.98 Å². The highest BCUT2D eigenvalue weighted by Gasteiger charge is 2.02. The molecular formula is C13H13ClN2S. The molecule has 0 saturated carbocycles. The maximum Gasteiger partial charge on any atom is 0.115 e. The van der Waals surface area contributed by atoms with E-state index in [1.165, 1.54) is 5.56 Å². The van der Waals surface area contributed by atoms with Crippen LogP contribution in [-0.2, 0) is 12.3 Å². The molecule has 0 saturated heterocycles. The lowest BCUT2D eigenvalue weighted by Gasteiger charge is -2.04. The second-order valence-electron chi connectivity index (χ2n) is 3.60. The van der Waals surface area contributed by atoms with Crippen molar-refractivity contribution < 1.29 is 0 Å². The molecule has 0 unspecified atom stereocenters. The first kappa shape index (κ1) is 12.4. The fourth-order valence-electron chi connectivity index (χ4n) is 1.48. The Labute approximate surface area is 110 Å². The van der Waals surface area contributed by atoms with E-state index in [0.717, 1.165) is 16.3 Å². The summed E-state index contributed by atoms with van der Waals surface area (Å²) in [6.07, 6.45) is 1.75. The Morgan fingerprint density at radius 2 is 2.00 bits per heavy atom. The average Bonchev–Trinajstić information content (AvgIpc) is 2.38. The van der Waals surface area contributed by atoms with Gasteiger partial charge in [0.25, 0.3) is 0 Å². The van der Waals surface area contributed by atoms with Crippen LogP contribution in [0, 0.1) is 0 Å². The fraction of sp³-hybridized carbons (Fsp3) is 0.154. The van der Waals surface area contributed by atoms with E-state index >= 15 is 0 Å². The molecule has 0 aliphatic heterocycles. The molecule has 0 atom stereocenters. The van der Waals surface area contributed by atoms with E-state index < -0.39 is 0 Å². The van der Waals surface area contributed by atoms with Gasteiger partial charge < -0.3 is 5.73 Å². The maximum absolute atomic E-state index is 6.05. The summed E-state index contributed by atoms with van der Waals surface area (Å²) < 4.78 is 0. The average molecular weight is 265 g/mol. The molecule has 0 fully saturated rings. The van der Waals surface area contributed by atoms with Crippen LogP contribution in [0.5, 0.6) is 0 Å². The van der Waals surface area contributed by atoms with E-state index in [-0.39, 0.29) is 0 Å². The number of rotatable bonds is 4. The predicted molar refractivity (Wildman–Crippen MR) is 73.1 cm³/mol. The number of pyridine rings is 1. The zero-order valence-electron chi connectivity index (χ0n) is 9.27. The van der Waals surface area contributed by atoms with Gasteiger partial charge in [-0.3, -0.25) is 0 Å². The van der Waals surface area contributed by atoms with Gasteiger partial charge in [0, 0.05) is 18.5 Å². The molecule has 0 aliphatic carbocycles. The second-order valence-corrected chi connectivity index (χ2v) is 4.97. The largest absolute Gasteiger partial charge is 0.326 e. The molecule has 0 radical (unpaired) electrons. The number of hydrogen-bond acceptors (Lipinski definition) is 3. The van der Waals surface area contributed by atoms with Crippen molar-refractivity contribution in [3.63, 3.8) is 0 Å². The van der Waals surface area contributed by atoms with Crippen LogP contribution in [0.15, 0.2) is 47.6 Å². The summed E-state index contributed by atoms with van der Waals surface area (Å²) in [6, 6.07) is 11.9. The normalized spacial score (nSPS) is 10.5. The summed E-state index contributed by atoms with van der Waals surface area (Å²) in [5, 5.41) is 1.57. The first-order valence-electron chi connectivity index (χ1n) is 5.31. The second kappa shape index (κ2) is 6.05. The van der Waals surface area contributed by atoms with Crippen LogP contribution in [0.4, 0.5) is 0 Å². The van der Waals surface area contributed by atoms with Crippen LogP contribution in [0.3, 0.4) is 0 Å². The Morgan fingerprint density at radius 1 is 1.18 bits per heavy atom. The van der Waals surface area contributed by atoms with Crippen molar-refractivity contribution in [2.24, 2.45) is 5.73 Å². The minimum absolute atomic E-state index is 0.572. The van der Waals surface area contributed by atoms with Crippen molar-refractivity contribution in [2.75, 3.05) is 0 Å². The number of nitrogens with zero attached hydrogens (tertiary/aromatic N) is 1. The number of benzene rings is 1. The minimum Gasteiger partial charge on any atom is -0.326 e. The highest BCUT2D eigenvalue weighted by atomic mass is 35.5. The minimum atomic E-state index is 0.572. The number of aromatic nitrogens is 1. The van der Waals surface area contributed by atoms with Crippen molar-refractivity contribution in [1.82, 2.24) is 4.98 Å². The van der Waals surface area contributed by atoms with Crippen molar-refractivity contribution in [1.29, 1.82) is 0 Å². The monoisotopic (exact) mass is 264 g/mol. The summed E-state index contributed by atoms with van der Waals surface area (Å²) in [4.78, 5) is 4.24. The molecule has 2 N–H and O–H groups in total. The number of hydrogen-bond donors (Lipinski definition) is 1. The molecule has 0 aliphatic rings. The molecule has 0 amide bonds. The molecule has 2 aromatic rings. The third kappa shape index (κ3) is 3.46. The summed E-state index contributed by atoms with van der Waals surface area (Å²) in [5.41, 5.74) is 7.99. The van der Waals surface area contributed by atoms with E-state index in [1.54, 1.807) is 18.0 Å². The van der Waals surface area contributed by atoms with E-state index in [2.05, 4.69) is 17.1 Å². The molecule has 1 aromatic carbocycles. The van der Waals surface area contributed by atoms with Crippen molar-refractivity contribution in [3.05, 3.63) is 58.7 Å². The Hall–Kier alpha value is -1.03. The van der Waals surface area contributed by atoms with Crippen LogP contribution >= 0.6 is 23.4 Å². The molecule has 2 rings (SSSR count). The Kier molecular flexibility index (Phi) is 4.42. The van der Waals surface area contributed by atoms with Crippen LogP contribution in [0.25, 0.3) is 0 Å². The summed E-state index contributed by atoms with van der Waals surface area (Å²) in [6.45, 7) is 0.572.